The van der Waals surface area contributed by atoms with Crippen LogP contribution in [0.1, 0.15) is 67.2 Å². The molecule has 0 amide bonds. The molecular formula is C14H32N2. The molecule has 98 valence electrons. The van der Waals surface area contributed by atoms with Crippen molar-refractivity contribution in [2.75, 3.05) is 6.54 Å². The number of hydrogen-bond donors (Lipinski definition) is 2. The molecule has 16 heavy (non-hydrogen) atoms. The van der Waals surface area contributed by atoms with Crippen LogP contribution in [0.15, 0.2) is 0 Å². The average molecular weight is 228 g/mol. The fourth-order valence-electron chi connectivity index (χ4n) is 2.50. The van der Waals surface area contributed by atoms with E-state index in [1.165, 1.54) is 12.8 Å². The topological polar surface area (TPSA) is 38.0 Å². The van der Waals surface area contributed by atoms with Gasteiger partial charge in [0.2, 0.25) is 0 Å². The molecule has 0 aromatic carbocycles. The van der Waals surface area contributed by atoms with Crippen molar-refractivity contribution in [3.8, 4) is 0 Å². The van der Waals surface area contributed by atoms with E-state index in [2.05, 4.69) is 46.9 Å². The van der Waals surface area contributed by atoms with E-state index in [0.717, 1.165) is 19.4 Å². The molecule has 0 aliphatic carbocycles. The normalized spacial score (nSPS) is 15.2. The van der Waals surface area contributed by atoms with Crippen LogP contribution in [0.4, 0.5) is 0 Å². The summed E-state index contributed by atoms with van der Waals surface area (Å²) in [6.45, 7) is 14.7. The molecule has 0 aliphatic heterocycles. The molecule has 0 rings (SSSR count). The molecule has 2 heteroatoms. The summed E-state index contributed by atoms with van der Waals surface area (Å²) in [6.07, 6.45) is 4.60. The summed E-state index contributed by atoms with van der Waals surface area (Å²) in [5, 5.41) is 3.62. The molecule has 0 spiro atoms. The predicted molar refractivity (Wildman–Crippen MR) is 73.7 cm³/mol. The maximum absolute atomic E-state index is 6.00. The van der Waals surface area contributed by atoms with Crippen molar-refractivity contribution in [2.45, 2.75) is 78.8 Å². The van der Waals surface area contributed by atoms with Crippen LogP contribution in [0.3, 0.4) is 0 Å². The van der Waals surface area contributed by atoms with E-state index >= 15 is 0 Å². The highest BCUT2D eigenvalue weighted by Crippen LogP contribution is 2.26. The van der Waals surface area contributed by atoms with E-state index in [0.29, 0.717) is 11.5 Å². The van der Waals surface area contributed by atoms with Gasteiger partial charge in [0, 0.05) is 11.6 Å². The van der Waals surface area contributed by atoms with Gasteiger partial charge >= 0.3 is 0 Å². The molecule has 0 aliphatic rings. The van der Waals surface area contributed by atoms with Crippen molar-refractivity contribution in [2.24, 2.45) is 11.1 Å². The van der Waals surface area contributed by atoms with Crippen LogP contribution in [-0.4, -0.2) is 18.1 Å². The molecule has 1 atom stereocenters. The molecule has 0 saturated heterocycles. The van der Waals surface area contributed by atoms with E-state index in [1.807, 2.05) is 0 Å². The molecule has 0 aromatic rings. The van der Waals surface area contributed by atoms with Crippen LogP contribution in [0.5, 0.6) is 0 Å². The van der Waals surface area contributed by atoms with E-state index in [9.17, 15) is 0 Å². The predicted octanol–water partition coefficient (Wildman–Crippen LogP) is 3.31. The molecule has 1 unspecified atom stereocenters. The smallest absolute Gasteiger partial charge is 0.0130 e. The fraction of sp³-hybridized carbons (Fsp3) is 1.00. The molecule has 0 aromatic heterocycles. The average Bonchev–Trinajstić information content (AvgIpc) is 1.98. The van der Waals surface area contributed by atoms with Crippen molar-refractivity contribution in [3.63, 3.8) is 0 Å². The Morgan fingerprint density at radius 1 is 1.06 bits per heavy atom. The van der Waals surface area contributed by atoms with Gasteiger partial charge in [-0.15, -0.1) is 0 Å². The van der Waals surface area contributed by atoms with Crippen LogP contribution in [0, 0.1) is 5.41 Å². The first-order valence-corrected chi connectivity index (χ1v) is 6.67. The van der Waals surface area contributed by atoms with Crippen LogP contribution in [0.2, 0.25) is 0 Å². The molecule has 0 heterocycles. The summed E-state index contributed by atoms with van der Waals surface area (Å²) < 4.78 is 0. The van der Waals surface area contributed by atoms with Crippen LogP contribution in [0.25, 0.3) is 0 Å². The summed E-state index contributed by atoms with van der Waals surface area (Å²) >= 11 is 0. The van der Waals surface area contributed by atoms with Crippen molar-refractivity contribution in [3.05, 3.63) is 0 Å². The lowest BCUT2D eigenvalue weighted by molar-refractivity contribution is 0.240. The summed E-state index contributed by atoms with van der Waals surface area (Å²) in [7, 11) is 0. The van der Waals surface area contributed by atoms with E-state index in [4.69, 9.17) is 5.73 Å². The van der Waals surface area contributed by atoms with E-state index in [1.54, 1.807) is 0 Å². The third-order valence-corrected chi connectivity index (χ3v) is 2.75. The zero-order chi connectivity index (χ0) is 12.8. The molecular weight excluding hydrogens is 196 g/mol. The number of nitrogens with one attached hydrogen (secondary N) is 1. The monoisotopic (exact) mass is 228 g/mol. The standard InChI is InChI=1S/C14H32N2/c1-7-8-12(15)9-10-16-14(5,6)11-13(2,3)4/h12,16H,7-11,15H2,1-6H3. The third-order valence-electron chi connectivity index (χ3n) is 2.75. The minimum absolute atomic E-state index is 0.212. The van der Waals surface area contributed by atoms with Crippen LogP contribution in [-0.2, 0) is 0 Å². The summed E-state index contributed by atoms with van der Waals surface area (Å²) in [5.41, 5.74) is 6.59. The fourth-order valence-corrected chi connectivity index (χ4v) is 2.50. The van der Waals surface area contributed by atoms with Gasteiger partial charge in [0.15, 0.2) is 0 Å². The summed E-state index contributed by atoms with van der Waals surface area (Å²) in [5.74, 6) is 0. The minimum Gasteiger partial charge on any atom is -0.328 e. The summed E-state index contributed by atoms with van der Waals surface area (Å²) in [4.78, 5) is 0. The largest absolute Gasteiger partial charge is 0.328 e. The van der Waals surface area contributed by atoms with Gasteiger partial charge in [0.05, 0.1) is 0 Å². The number of nitrogens with two attached hydrogens (primary N) is 1. The van der Waals surface area contributed by atoms with Crippen molar-refractivity contribution in [1.29, 1.82) is 0 Å². The van der Waals surface area contributed by atoms with Gasteiger partial charge in [-0.2, -0.15) is 0 Å². The first-order valence-electron chi connectivity index (χ1n) is 6.67. The Balaban J connectivity index is 3.82. The third kappa shape index (κ3) is 9.17. The maximum Gasteiger partial charge on any atom is 0.0130 e. The zero-order valence-electron chi connectivity index (χ0n) is 12.2. The van der Waals surface area contributed by atoms with Crippen LogP contribution >= 0.6 is 0 Å². The van der Waals surface area contributed by atoms with Gasteiger partial charge < -0.3 is 11.1 Å². The molecule has 0 bridgehead atoms. The Kier molecular flexibility index (Phi) is 6.57. The van der Waals surface area contributed by atoms with Crippen molar-refractivity contribution < 1.29 is 0 Å². The van der Waals surface area contributed by atoms with Gasteiger partial charge in [-0.25, -0.2) is 0 Å². The first-order chi connectivity index (χ1) is 7.16. The molecule has 0 radical (unpaired) electrons. The highest BCUT2D eigenvalue weighted by molar-refractivity contribution is 4.83. The van der Waals surface area contributed by atoms with Gasteiger partial charge in [-0.1, -0.05) is 34.1 Å². The Bertz CT molecular complexity index is 180. The first kappa shape index (κ1) is 15.9. The Morgan fingerprint density at radius 3 is 2.06 bits per heavy atom. The Labute approximate surface area is 102 Å². The molecule has 3 N–H and O–H groups in total. The highest BCUT2D eigenvalue weighted by atomic mass is 15.0. The van der Waals surface area contributed by atoms with E-state index in [-0.39, 0.29) is 5.54 Å². The summed E-state index contributed by atoms with van der Waals surface area (Å²) in [6, 6.07) is 0.364. The lowest BCUT2D eigenvalue weighted by Gasteiger charge is -2.33. The Hall–Kier alpha value is -0.0800. The lowest BCUT2D eigenvalue weighted by atomic mass is 9.82. The van der Waals surface area contributed by atoms with Crippen molar-refractivity contribution in [1.82, 2.24) is 5.32 Å². The van der Waals surface area contributed by atoms with Crippen LogP contribution < -0.4 is 11.1 Å². The quantitative estimate of drug-likeness (QED) is 0.701. The molecule has 2 nitrogen and oxygen atoms in total. The van der Waals surface area contributed by atoms with Gasteiger partial charge in [0.25, 0.3) is 0 Å². The van der Waals surface area contributed by atoms with Gasteiger partial charge in [-0.3, -0.25) is 0 Å². The Morgan fingerprint density at radius 2 is 1.62 bits per heavy atom. The molecule has 0 saturated carbocycles. The second kappa shape index (κ2) is 6.61. The van der Waals surface area contributed by atoms with E-state index < -0.39 is 0 Å². The van der Waals surface area contributed by atoms with Gasteiger partial charge in [-0.05, 0) is 45.1 Å². The zero-order valence-corrected chi connectivity index (χ0v) is 12.2. The number of rotatable bonds is 7. The maximum atomic E-state index is 6.00. The van der Waals surface area contributed by atoms with Crippen molar-refractivity contribution >= 4 is 0 Å². The number of hydrogen-bond acceptors (Lipinski definition) is 2. The minimum atomic E-state index is 0.212. The van der Waals surface area contributed by atoms with Gasteiger partial charge in [0.1, 0.15) is 0 Å². The SMILES string of the molecule is CCCC(N)CCNC(C)(C)CC(C)(C)C. The second-order valence-corrected chi connectivity index (χ2v) is 6.89. The lowest BCUT2D eigenvalue weighted by Crippen LogP contribution is -2.44. The second-order valence-electron chi connectivity index (χ2n) is 6.89. The highest BCUT2D eigenvalue weighted by Gasteiger charge is 2.24. The molecule has 0 fully saturated rings.